The van der Waals surface area contributed by atoms with Gasteiger partial charge in [0, 0.05) is 0 Å². The molecule has 136 valence electrons. The Labute approximate surface area is 161 Å². The van der Waals surface area contributed by atoms with E-state index in [0.717, 1.165) is 0 Å². The number of hydrogen-bond acceptors (Lipinski definition) is 2. The second-order valence-corrected chi connectivity index (χ2v) is 8.61. The summed E-state index contributed by atoms with van der Waals surface area (Å²) < 4.78 is 2.94. The van der Waals surface area contributed by atoms with Crippen molar-refractivity contribution in [3.8, 4) is 0 Å². The molecule has 0 aromatic heterocycles. The molecule has 3 heteroatoms. The van der Waals surface area contributed by atoms with Crippen LogP contribution in [0.25, 0.3) is 0 Å². The van der Waals surface area contributed by atoms with Gasteiger partial charge in [-0.15, -0.1) is 13.8 Å². The predicted octanol–water partition coefficient (Wildman–Crippen LogP) is 5.43. The van der Waals surface area contributed by atoms with E-state index in [4.69, 9.17) is 9.59 Å². The molecule has 0 N–H and O–H groups in total. The molecule has 0 unspecified atom stereocenters. The molecule has 0 atom stereocenters. The maximum atomic E-state index is 9.07. The van der Waals surface area contributed by atoms with Crippen LogP contribution in [0.15, 0.2) is 33.4 Å². The zero-order valence-corrected chi connectivity index (χ0v) is 18.9. The molecule has 0 saturated carbocycles. The number of carbonyl (C=O) groups excluding carboxylic acids is 2. The first-order chi connectivity index (χ1) is 11.3. The van der Waals surface area contributed by atoms with Gasteiger partial charge in [0.15, 0.2) is 0 Å². The third-order valence-corrected chi connectivity index (χ3v) is 5.55. The van der Waals surface area contributed by atoms with E-state index >= 15 is 0 Å². The molecule has 0 amide bonds. The summed E-state index contributed by atoms with van der Waals surface area (Å²) in [5.74, 6) is 0. The summed E-state index contributed by atoms with van der Waals surface area (Å²) in [7, 11) is 0. The number of rotatable bonds is 0. The SMILES string of the molecule is CC1=[C-]C(C)(C)C(C)=C1C.CC1=[C-]C(C)(C)C(C)=C1C.O=[C]=[Ti]=[C]=O. The van der Waals surface area contributed by atoms with Crippen molar-refractivity contribution in [3.05, 3.63) is 45.6 Å². The monoisotopic (exact) mass is 374 g/mol. The van der Waals surface area contributed by atoms with Crippen molar-refractivity contribution in [3.63, 3.8) is 0 Å². The van der Waals surface area contributed by atoms with Gasteiger partial charge in [-0.1, -0.05) is 66.2 Å². The summed E-state index contributed by atoms with van der Waals surface area (Å²) in [5.41, 5.74) is 8.79. The zero-order chi connectivity index (χ0) is 20.0. The summed E-state index contributed by atoms with van der Waals surface area (Å²) in [4.78, 5) is 18.1. The van der Waals surface area contributed by atoms with Gasteiger partial charge in [0.1, 0.15) is 0 Å². The van der Waals surface area contributed by atoms with Crippen LogP contribution >= 0.6 is 0 Å². The molecule has 2 aliphatic rings. The van der Waals surface area contributed by atoms with E-state index in [1.54, 1.807) is 0 Å². The van der Waals surface area contributed by atoms with Crippen LogP contribution in [-0.2, 0) is 27.8 Å². The first kappa shape index (κ1) is 23.8. The number of allylic oxidation sites excluding steroid dienone is 8. The van der Waals surface area contributed by atoms with Crippen LogP contribution in [0.1, 0.15) is 69.2 Å². The Morgan fingerprint density at radius 1 is 0.680 bits per heavy atom. The van der Waals surface area contributed by atoms with E-state index in [2.05, 4.69) is 81.4 Å². The first-order valence-corrected chi connectivity index (χ1v) is 9.97. The summed E-state index contributed by atoms with van der Waals surface area (Å²) in [6.07, 6.45) is 6.87. The van der Waals surface area contributed by atoms with E-state index in [-0.39, 0.29) is 10.8 Å². The van der Waals surface area contributed by atoms with Gasteiger partial charge in [-0.25, -0.2) is 11.1 Å². The molecule has 25 heavy (non-hydrogen) atoms. The van der Waals surface area contributed by atoms with Crippen LogP contribution in [0, 0.1) is 23.0 Å². The summed E-state index contributed by atoms with van der Waals surface area (Å²) in [6.45, 7) is 21.8. The van der Waals surface area contributed by atoms with Gasteiger partial charge in [-0.3, -0.25) is 12.2 Å². The van der Waals surface area contributed by atoms with Crippen molar-refractivity contribution in [2.24, 2.45) is 10.8 Å². The van der Waals surface area contributed by atoms with Gasteiger partial charge in [0.2, 0.25) is 0 Å². The average molecular weight is 374 g/mol. The third-order valence-electron chi connectivity index (χ3n) is 5.23. The van der Waals surface area contributed by atoms with Gasteiger partial charge < -0.3 is 0 Å². The maximum absolute atomic E-state index is 9.07. The Morgan fingerprint density at radius 3 is 1.00 bits per heavy atom. The van der Waals surface area contributed by atoms with Crippen molar-refractivity contribution >= 4 is 8.36 Å². The fraction of sp³-hybridized carbons (Fsp3) is 0.545. The Bertz CT molecular complexity index is 692. The van der Waals surface area contributed by atoms with Gasteiger partial charge in [0.25, 0.3) is 0 Å². The second kappa shape index (κ2) is 9.51. The van der Waals surface area contributed by atoms with Crippen LogP contribution in [-0.4, -0.2) is 8.36 Å². The molecule has 2 rings (SSSR count). The van der Waals surface area contributed by atoms with Crippen LogP contribution in [0.3, 0.4) is 0 Å². The Morgan fingerprint density at radius 2 is 0.960 bits per heavy atom. The van der Waals surface area contributed by atoms with Gasteiger partial charge in [-0.2, -0.15) is 22.3 Å². The van der Waals surface area contributed by atoms with Crippen molar-refractivity contribution in [1.29, 1.82) is 0 Å². The van der Waals surface area contributed by atoms with Gasteiger partial charge >= 0.3 is 36.2 Å². The normalized spacial score (nSPS) is 19.4. The standard InChI is InChI=1S/2C10H15.2CO.Ti/c2*1-7-6-10(4,5)9(3)8(7)2;2*1-2;/h2*1-5H3;;;/q2*-1;;;. The van der Waals surface area contributed by atoms with Crippen molar-refractivity contribution < 1.29 is 27.8 Å². The molecule has 2 aliphatic carbocycles. The molecule has 0 aliphatic heterocycles. The fourth-order valence-electron chi connectivity index (χ4n) is 2.83. The van der Waals surface area contributed by atoms with E-state index in [0.29, 0.717) is 0 Å². The second-order valence-electron chi connectivity index (χ2n) is 7.58. The number of hydrogen-bond donors (Lipinski definition) is 0. The molecule has 0 heterocycles. The van der Waals surface area contributed by atoms with Crippen molar-refractivity contribution in [2.45, 2.75) is 69.2 Å². The Hall–Kier alpha value is -1.17. The minimum atomic E-state index is -1.08. The minimum absolute atomic E-state index is 0.189. The molecular weight excluding hydrogens is 344 g/mol. The topological polar surface area (TPSA) is 34.1 Å². The van der Waals surface area contributed by atoms with Crippen LogP contribution < -0.4 is 0 Å². The first-order valence-electron chi connectivity index (χ1n) is 8.41. The molecule has 0 fully saturated rings. The van der Waals surface area contributed by atoms with Crippen LogP contribution in [0.4, 0.5) is 0 Å². The summed E-state index contributed by atoms with van der Waals surface area (Å²) in [5, 5.41) is 0. The summed E-state index contributed by atoms with van der Waals surface area (Å²) in [6, 6.07) is 0. The van der Waals surface area contributed by atoms with Crippen LogP contribution in [0.2, 0.25) is 0 Å². The molecule has 0 aromatic rings. The van der Waals surface area contributed by atoms with E-state index in [9.17, 15) is 0 Å². The van der Waals surface area contributed by atoms with Crippen LogP contribution in [0.5, 0.6) is 0 Å². The quantitative estimate of drug-likeness (QED) is 0.419. The third kappa shape index (κ3) is 6.57. The Kier molecular flexibility index (Phi) is 9.07. The molecule has 0 saturated heterocycles. The van der Waals surface area contributed by atoms with E-state index in [1.165, 1.54) is 41.8 Å². The summed E-state index contributed by atoms with van der Waals surface area (Å²) >= 11 is -1.08. The molecular formula is C22H30O2Ti-2. The van der Waals surface area contributed by atoms with Crippen molar-refractivity contribution in [1.82, 2.24) is 0 Å². The molecule has 0 radical (unpaired) electrons. The average Bonchev–Trinajstić information content (AvgIpc) is 2.80. The van der Waals surface area contributed by atoms with E-state index < -0.39 is 18.2 Å². The zero-order valence-electron chi connectivity index (χ0n) is 17.3. The molecule has 0 bridgehead atoms. The Balaban J connectivity index is 0.000000368. The fourth-order valence-corrected chi connectivity index (χ4v) is 2.90. The molecule has 0 aromatic carbocycles. The van der Waals surface area contributed by atoms with Gasteiger partial charge in [0.05, 0.1) is 0 Å². The molecule has 2 nitrogen and oxygen atoms in total. The molecule has 0 spiro atoms. The van der Waals surface area contributed by atoms with Gasteiger partial charge in [-0.05, 0) is 0 Å². The van der Waals surface area contributed by atoms with E-state index in [1.807, 2.05) is 0 Å². The predicted molar refractivity (Wildman–Crippen MR) is 101 cm³/mol. The van der Waals surface area contributed by atoms with Crippen molar-refractivity contribution in [2.75, 3.05) is 0 Å².